The standard InChI is InChI=1S/C13H16BF3ISi.K/c1-10-12(5-6-19(2,3)4)7-11(8-13(10)18)9-14(15,16)17;/h7-8H,9H2,1-4H3;/q-1;+1. The number of hydrogen-bond donors (Lipinski definition) is 0. The van der Waals surface area contributed by atoms with E-state index in [0.29, 0.717) is 5.56 Å². The third kappa shape index (κ3) is 8.01. The van der Waals surface area contributed by atoms with Crippen LogP contribution in [0.25, 0.3) is 0 Å². The summed E-state index contributed by atoms with van der Waals surface area (Å²) in [7, 11) is -1.53. The second-order valence-electron chi connectivity index (χ2n) is 5.66. The van der Waals surface area contributed by atoms with E-state index in [0.717, 1.165) is 14.7 Å². The van der Waals surface area contributed by atoms with Crippen LogP contribution in [0.4, 0.5) is 12.9 Å². The fraction of sp³-hybridized carbons (Fsp3) is 0.385. The van der Waals surface area contributed by atoms with Crippen molar-refractivity contribution in [1.29, 1.82) is 0 Å². The number of halogens is 4. The van der Waals surface area contributed by atoms with Gasteiger partial charge in [-0.1, -0.05) is 37.4 Å². The molecule has 0 atom stereocenters. The van der Waals surface area contributed by atoms with Crippen LogP contribution < -0.4 is 51.4 Å². The summed E-state index contributed by atoms with van der Waals surface area (Å²) in [5, 5.41) is 0. The van der Waals surface area contributed by atoms with E-state index < -0.39 is 21.4 Å². The van der Waals surface area contributed by atoms with Gasteiger partial charge >= 0.3 is 58.4 Å². The minimum absolute atomic E-state index is 0. The Labute approximate surface area is 176 Å². The van der Waals surface area contributed by atoms with E-state index in [-0.39, 0.29) is 51.4 Å². The summed E-state index contributed by atoms with van der Waals surface area (Å²) >= 11 is 2.07. The molecule has 7 heteroatoms. The van der Waals surface area contributed by atoms with Gasteiger partial charge in [0.15, 0.2) is 0 Å². The molecule has 1 aromatic carbocycles. The Morgan fingerprint density at radius 1 is 1.20 bits per heavy atom. The molecule has 0 unspecified atom stereocenters. The van der Waals surface area contributed by atoms with E-state index in [1.165, 1.54) is 0 Å². The van der Waals surface area contributed by atoms with Crippen molar-refractivity contribution < 1.29 is 64.3 Å². The Kier molecular flexibility index (Phi) is 8.68. The molecule has 0 N–H and O–H groups in total. The molecule has 0 saturated heterocycles. The predicted octanol–water partition coefficient (Wildman–Crippen LogP) is 1.76. The number of rotatable bonds is 2. The molecule has 0 saturated carbocycles. The maximum atomic E-state index is 12.5. The maximum Gasteiger partial charge on any atom is 1.00 e. The van der Waals surface area contributed by atoms with E-state index in [1.54, 1.807) is 12.1 Å². The first-order valence-electron chi connectivity index (χ1n) is 6.01. The van der Waals surface area contributed by atoms with Gasteiger partial charge in [0.1, 0.15) is 8.07 Å². The van der Waals surface area contributed by atoms with Crippen LogP contribution in [0.1, 0.15) is 16.7 Å². The first kappa shape index (κ1) is 21.2. The minimum Gasteiger partial charge on any atom is -0.449 e. The third-order valence-corrected chi connectivity index (χ3v) is 4.44. The summed E-state index contributed by atoms with van der Waals surface area (Å²) in [6.07, 6.45) is -0.835. The van der Waals surface area contributed by atoms with Gasteiger partial charge in [0, 0.05) is 9.13 Å². The van der Waals surface area contributed by atoms with Crippen molar-refractivity contribution in [3.05, 3.63) is 32.4 Å². The minimum atomic E-state index is -4.80. The van der Waals surface area contributed by atoms with Gasteiger partial charge in [0.05, 0.1) is 0 Å². The van der Waals surface area contributed by atoms with Crippen molar-refractivity contribution in [2.75, 3.05) is 0 Å². The molecule has 0 aliphatic rings. The second-order valence-corrected chi connectivity index (χ2v) is 11.6. The molecule has 1 rings (SSSR count). The monoisotopic (exact) mass is 434 g/mol. The molecule has 0 amide bonds. The van der Waals surface area contributed by atoms with Crippen molar-refractivity contribution in [2.45, 2.75) is 32.9 Å². The molecule has 0 heterocycles. The van der Waals surface area contributed by atoms with Crippen LogP contribution in [0.2, 0.25) is 19.6 Å². The van der Waals surface area contributed by atoms with Crippen molar-refractivity contribution in [3.8, 4) is 11.5 Å². The average molecular weight is 434 g/mol. The fourth-order valence-corrected chi connectivity index (χ4v) is 2.70. The summed E-state index contributed by atoms with van der Waals surface area (Å²) in [5.74, 6) is 3.07. The van der Waals surface area contributed by atoms with Crippen LogP contribution in [0.15, 0.2) is 12.1 Å². The smallest absolute Gasteiger partial charge is 0.449 e. The van der Waals surface area contributed by atoms with Gasteiger partial charge in [0.25, 0.3) is 0 Å². The zero-order chi connectivity index (χ0) is 14.8. The summed E-state index contributed by atoms with van der Waals surface area (Å²) in [6.45, 7) is 3.44. The van der Waals surface area contributed by atoms with E-state index in [1.807, 2.05) is 6.92 Å². The molecule has 104 valence electrons. The third-order valence-electron chi connectivity index (χ3n) is 2.44. The Balaban J connectivity index is 0.00000361. The Bertz CT molecular complexity index is 542. The SMILES string of the molecule is Cc1c(I)cc(C[B-](F)(F)F)cc1C#C[Si](C)(C)C.[K+]. The van der Waals surface area contributed by atoms with Gasteiger partial charge < -0.3 is 12.9 Å². The molecule has 0 spiro atoms. The van der Waals surface area contributed by atoms with Crippen LogP contribution in [-0.4, -0.2) is 15.1 Å². The molecule has 20 heavy (non-hydrogen) atoms. The Morgan fingerprint density at radius 3 is 2.20 bits per heavy atom. The van der Waals surface area contributed by atoms with Gasteiger partial charge in [-0.3, -0.25) is 0 Å². The molecule has 1 aromatic rings. The van der Waals surface area contributed by atoms with E-state index >= 15 is 0 Å². The van der Waals surface area contributed by atoms with Crippen LogP contribution in [0.3, 0.4) is 0 Å². The van der Waals surface area contributed by atoms with Crippen LogP contribution in [0, 0.1) is 22.0 Å². The first-order chi connectivity index (χ1) is 8.48. The van der Waals surface area contributed by atoms with Gasteiger partial charge in [-0.05, 0) is 47.2 Å². The quantitative estimate of drug-likeness (QED) is 0.378. The van der Waals surface area contributed by atoms with Crippen molar-refractivity contribution in [2.24, 2.45) is 0 Å². The molecule has 0 nitrogen and oxygen atoms in total. The first-order valence-corrected chi connectivity index (χ1v) is 10.6. The van der Waals surface area contributed by atoms with Crippen LogP contribution in [0.5, 0.6) is 0 Å². The second kappa shape index (κ2) is 8.18. The summed E-state index contributed by atoms with van der Waals surface area (Å²) < 4.78 is 38.4. The molecule has 0 fully saturated rings. The van der Waals surface area contributed by atoms with Crippen molar-refractivity contribution in [3.63, 3.8) is 0 Å². The molecule has 0 radical (unpaired) electrons. The maximum absolute atomic E-state index is 12.5. The van der Waals surface area contributed by atoms with Crippen LogP contribution >= 0.6 is 22.6 Å². The normalized spacial score (nSPS) is 11.4. The van der Waals surface area contributed by atoms with Gasteiger partial charge in [0.2, 0.25) is 0 Å². The molecular weight excluding hydrogens is 418 g/mol. The zero-order valence-electron chi connectivity index (χ0n) is 12.5. The van der Waals surface area contributed by atoms with Crippen molar-refractivity contribution in [1.82, 2.24) is 0 Å². The van der Waals surface area contributed by atoms with E-state index in [9.17, 15) is 12.9 Å². The predicted molar refractivity (Wildman–Crippen MR) is 86.9 cm³/mol. The van der Waals surface area contributed by atoms with Crippen LogP contribution in [-0.2, 0) is 6.32 Å². The van der Waals surface area contributed by atoms with Gasteiger partial charge in [-0.2, -0.15) is 0 Å². The number of benzene rings is 1. The average Bonchev–Trinajstić information content (AvgIpc) is 2.17. The molecule has 0 aliphatic heterocycles. The van der Waals surface area contributed by atoms with E-state index in [4.69, 9.17) is 0 Å². The molecule has 0 aromatic heterocycles. The Hall–Kier alpha value is 1.22. The molecule has 0 bridgehead atoms. The number of hydrogen-bond acceptors (Lipinski definition) is 0. The van der Waals surface area contributed by atoms with Gasteiger partial charge in [-0.15, -0.1) is 5.54 Å². The molecule has 0 aliphatic carbocycles. The van der Waals surface area contributed by atoms with Gasteiger partial charge in [-0.25, -0.2) is 0 Å². The molecular formula is C13H16BF3IKSi. The summed E-state index contributed by atoms with van der Waals surface area (Å²) in [5.41, 5.74) is 5.20. The largest absolute Gasteiger partial charge is 1.00 e. The van der Waals surface area contributed by atoms with Crippen molar-refractivity contribution >= 4 is 37.6 Å². The summed E-state index contributed by atoms with van der Waals surface area (Å²) in [4.78, 5) is 0. The zero-order valence-corrected chi connectivity index (χ0v) is 18.7. The van der Waals surface area contributed by atoms with E-state index in [2.05, 4.69) is 53.7 Å². The topological polar surface area (TPSA) is 0 Å². The fourth-order valence-electron chi connectivity index (χ4n) is 1.50. The Morgan fingerprint density at radius 2 is 1.75 bits per heavy atom. The summed E-state index contributed by atoms with van der Waals surface area (Å²) in [6, 6.07) is 3.19.